The summed E-state index contributed by atoms with van der Waals surface area (Å²) in [7, 11) is 0. The number of rotatable bonds is 6. The summed E-state index contributed by atoms with van der Waals surface area (Å²) in [5, 5.41) is 5.65. The quantitative estimate of drug-likeness (QED) is 0.833. The predicted octanol–water partition coefficient (Wildman–Crippen LogP) is 2.71. The van der Waals surface area contributed by atoms with Gasteiger partial charge in [-0.3, -0.25) is 4.79 Å². The van der Waals surface area contributed by atoms with Gasteiger partial charge in [-0.25, -0.2) is 13.8 Å². The van der Waals surface area contributed by atoms with Crippen LogP contribution in [0.3, 0.4) is 0 Å². The smallest absolute Gasteiger partial charge is 0.224 e. The van der Waals surface area contributed by atoms with Gasteiger partial charge in [-0.1, -0.05) is 6.07 Å². The fraction of sp³-hybridized carbons (Fsp3) is 0.286. The zero-order chi connectivity index (χ0) is 14.4. The molecule has 3 nitrogen and oxygen atoms in total. The molecule has 0 atom stereocenters. The standard InChI is InChI=1S/C14H14F2N2OS/c15-11-4-3-10(12(16)9-11)8-13(19)17-5-1-2-14-18-6-7-20-14/h3-4,6-7,9H,1-2,5,8H2,(H,17,19). The molecule has 0 saturated carbocycles. The Bertz CT molecular complexity index is 573. The lowest BCUT2D eigenvalue weighted by Gasteiger charge is -2.05. The molecule has 1 N–H and O–H groups in total. The molecule has 0 bridgehead atoms. The highest BCUT2D eigenvalue weighted by molar-refractivity contribution is 7.09. The Kier molecular flexibility index (Phi) is 5.17. The van der Waals surface area contributed by atoms with Crippen molar-refractivity contribution in [3.8, 4) is 0 Å². The van der Waals surface area contributed by atoms with Crippen LogP contribution in [0.4, 0.5) is 8.78 Å². The third kappa shape index (κ3) is 4.38. The Morgan fingerprint density at radius 2 is 2.20 bits per heavy atom. The van der Waals surface area contributed by atoms with Crippen LogP contribution in [0.5, 0.6) is 0 Å². The van der Waals surface area contributed by atoms with Gasteiger partial charge in [-0.15, -0.1) is 11.3 Å². The highest BCUT2D eigenvalue weighted by atomic mass is 32.1. The molecule has 0 unspecified atom stereocenters. The average molecular weight is 296 g/mol. The molecule has 1 heterocycles. The summed E-state index contributed by atoms with van der Waals surface area (Å²) < 4.78 is 26.1. The molecule has 0 aliphatic carbocycles. The molecule has 0 fully saturated rings. The number of nitrogens with one attached hydrogen (secondary N) is 1. The van der Waals surface area contributed by atoms with Gasteiger partial charge in [0.2, 0.25) is 5.91 Å². The van der Waals surface area contributed by atoms with Crippen molar-refractivity contribution in [1.82, 2.24) is 10.3 Å². The molecule has 1 amide bonds. The first-order valence-electron chi connectivity index (χ1n) is 6.24. The fourth-order valence-corrected chi connectivity index (χ4v) is 2.41. The molecular formula is C14H14F2N2OS. The van der Waals surface area contributed by atoms with E-state index in [1.54, 1.807) is 17.5 Å². The highest BCUT2D eigenvalue weighted by Crippen LogP contribution is 2.10. The number of thiazole rings is 1. The predicted molar refractivity (Wildman–Crippen MR) is 73.5 cm³/mol. The van der Waals surface area contributed by atoms with Gasteiger partial charge in [0.1, 0.15) is 11.6 Å². The molecule has 2 rings (SSSR count). The first kappa shape index (κ1) is 14.6. The second-order valence-corrected chi connectivity index (χ2v) is 5.27. The van der Waals surface area contributed by atoms with Gasteiger partial charge in [-0.05, 0) is 18.1 Å². The van der Waals surface area contributed by atoms with Crippen LogP contribution in [-0.4, -0.2) is 17.4 Å². The number of hydrogen-bond acceptors (Lipinski definition) is 3. The van der Waals surface area contributed by atoms with E-state index in [0.717, 1.165) is 30.0 Å². The first-order valence-corrected chi connectivity index (χ1v) is 7.12. The number of carbonyl (C=O) groups is 1. The molecule has 0 aliphatic rings. The normalized spacial score (nSPS) is 10.5. The molecule has 0 spiro atoms. The number of halogens is 2. The third-order valence-corrected chi connectivity index (χ3v) is 3.58. The van der Waals surface area contributed by atoms with Crippen molar-refractivity contribution in [1.29, 1.82) is 0 Å². The van der Waals surface area contributed by atoms with Crippen molar-refractivity contribution in [3.05, 3.63) is 52.0 Å². The van der Waals surface area contributed by atoms with Gasteiger partial charge in [-0.2, -0.15) is 0 Å². The van der Waals surface area contributed by atoms with Crippen molar-refractivity contribution in [2.75, 3.05) is 6.54 Å². The van der Waals surface area contributed by atoms with Crippen molar-refractivity contribution in [3.63, 3.8) is 0 Å². The van der Waals surface area contributed by atoms with Crippen LogP contribution in [0.2, 0.25) is 0 Å². The van der Waals surface area contributed by atoms with Crippen LogP contribution in [0.15, 0.2) is 29.8 Å². The summed E-state index contributed by atoms with van der Waals surface area (Å²) in [6.07, 6.45) is 3.26. The number of carbonyl (C=O) groups excluding carboxylic acids is 1. The van der Waals surface area contributed by atoms with Crippen LogP contribution in [0.25, 0.3) is 0 Å². The zero-order valence-corrected chi connectivity index (χ0v) is 11.6. The number of aryl methyl sites for hydroxylation is 1. The van der Waals surface area contributed by atoms with Gasteiger partial charge in [0.25, 0.3) is 0 Å². The summed E-state index contributed by atoms with van der Waals surface area (Å²) in [6, 6.07) is 3.22. The van der Waals surface area contributed by atoms with E-state index in [1.807, 2.05) is 5.38 Å². The minimum Gasteiger partial charge on any atom is -0.356 e. The van der Waals surface area contributed by atoms with E-state index >= 15 is 0 Å². The fourth-order valence-electron chi connectivity index (χ4n) is 1.74. The molecule has 0 saturated heterocycles. The minimum absolute atomic E-state index is 0.0800. The zero-order valence-electron chi connectivity index (χ0n) is 10.7. The molecular weight excluding hydrogens is 282 g/mol. The van der Waals surface area contributed by atoms with E-state index in [0.29, 0.717) is 6.54 Å². The van der Waals surface area contributed by atoms with Crippen LogP contribution in [0.1, 0.15) is 17.0 Å². The van der Waals surface area contributed by atoms with Gasteiger partial charge in [0.05, 0.1) is 11.4 Å². The summed E-state index contributed by atoms with van der Waals surface area (Å²) in [4.78, 5) is 15.8. The largest absolute Gasteiger partial charge is 0.356 e. The van der Waals surface area contributed by atoms with Crippen molar-refractivity contribution < 1.29 is 13.6 Å². The maximum absolute atomic E-state index is 13.4. The summed E-state index contributed by atoms with van der Waals surface area (Å²) in [5.41, 5.74) is 0.198. The van der Waals surface area contributed by atoms with Gasteiger partial charge < -0.3 is 5.32 Å². The van der Waals surface area contributed by atoms with Crippen LogP contribution < -0.4 is 5.32 Å². The summed E-state index contributed by atoms with van der Waals surface area (Å²) >= 11 is 1.58. The van der Waals surface area contributed by atoms with Crippen LogP contribution in [-0.2, 0) is 17.6 Å². The Hall–Kier alpha value is -1.82. The number of benzene rings is 1. The average Bonchev–Trinajstić information content (AvgIpc) is 2.91. The van der Waals surface area contributed by atoms with Crippen molar-refractivity contribution in [2.24, 2.45) is 0 Å². The van der Waals surface area contributed by atoms with E-state index in [2.05, 4.69) is 10.3 Å². The first-order chi connectivity index (χ1) is 9.65. The molecule has 6 heteroatoms. The highest BCUT2D eigenvalue weighted by Gasteiger charge is 2.08. The van der Waals surface area contributed by atoms with Gasteiger partial charge in [0, 0.05) is 30.6 Å². The van der Waals surface area contributed by atoms with Gasteiger partial charge in [0.15, 0.2) is 0 Å². The topological polar surface area (TPSA) is 42.0 Å². The lowest BCUT2D eigenvalue weighted by atomic mass is 10.1. The lowest BCUT2D eigenvalue weighted by Crippen LogP contribution is -2.26. The van der Waals surface area contributed by atoms with E-state index in [4.69, 9.17) is 0 Å². The monoisotopic (exact) mass is 296 g/mol. The Balaban J connectivity index is 1.72. The SMILES string of the molecule is O=C(Cc1ccc(F)cc1F)NCCCc1nccs1. The Labute approximate surface area is 119 Å². The molecule has 1 aromatic carbocycles. The molecule has 1 aromatic heterocycles. The number of hydrogen-bond donors (Lipinski definition) is 1. The van der Waals surface area contributed by atoms with E-state index in [1.165, 1.54) is 6.07 Å². The second-order valence-electron chi connectivity index (χ2n) is 4.29. The van der Waals surface area contributed by atoms with Crippen molar-refractivity contribution in [2.45, 2.75) is 19.3 Å². The molecule has 0 aliphatic heterocycles. The van der Waals surface area contributed by atoms with Crippen molar-refractivity contribution >= 4 is 17.2 Å². The molecule has 20 heavy (non-hydrogen) atoms. The lowest BCUT2D eigenvalue weighted by molar-refractivity contribution is -0.120. The molecule has 0 radical (unpaired) electrons. The molecule has 2 aromatic rings. The number of amides is 1. The van der Waals surface area contributed by atoms with E-state index in [9.17, 15) is 13.6 Å². The third-order valence-electron chi connectivity index (χ3n) is 2.74. The number of nitrogens with zero attached hydrogens (tertiary/aromatic N) is 1. The maximum Gasteiger partial charge on any atom is 0.224 e. The maximum atomic E-state index is 13.4. The Morgan fingerprint density at radius 1 is 1.35 bits per heavy atom. The van der Waals surface area contributed by atoms with Gasteiger partial charge >= 0.3 is 0 Å². The second kappa shape index (κ2) is 7.09. The summed E-state index contributed by atoms with van der Waals surface area (Å²) in [6.45, 7) is 0.515. The van der Waals surface area contributed by atoms with E-state index in [-0.39, 0.29) is 17.9 Å². The van der Waals surface area contributed by atoms with Crippen LogP contribution in [0, 0.1) is 11.6 Å². The number of aromatic nitrogens is 1. The minimum atomic E-state index is -0.692. The van der Waals surface area contributed by atoms with Crippen LogP contribution >= 0.6 is 11.3 Å². The molecule has 106 valence electrons. The Morgan fingerprint density at radius 3 is 2.90 bits per heavy atom. The summed E-state index contributed by atoms with van der Waals surface area (Å²) in [5.74, 6) is -1.60. The van der Waals surface area contributed by atoms with E-state index < -0.39 is 11.6 Å².